The number of hydrogen-bond donors (Lipinski definition) is 2. The van der Waals surface area contributed by atoms with Crippen LogP contribution in [0.2, 0.25) is 0 Å². The minimum absolute atomic E-state index is 0.0412. The topological polar surface area (TPSA) is 69.6 Å². The summed E-state index contributed by atoms with van der Waals surface area (Å²) in [6.07, 6.45) is -4.48. The van der Waals surface area contributed by atoms with Crippen LogP contribution >= 0.6 is 0 Å². The van der Waals surface area contributed by atoms with E-state index in [2.05, 4.69) is 5.32 Å². The van der Waals surface area contributed by atoms with Gasteiger partial charge in [0.05, 0.1) is 18.0 Å². The molecule has 0 fully saturated rings. The lowest BCUT2D eigenvalue weighted by Gasteiger charge is -2.18. The number of anilines is 1. The number of carboxylic acids is 1. The van der Waals surface area contributed by atoms with Crippen molar-refractivity contribution in [3.8, 4) is 0 Å². The standard InChI is InChI=1S/C14H17F3N2O3/c1-9(13(21)22)7-19(2)8-12(20)18-11-5-3-4-10(6-11)14(15,16)17/h3-6,9H,7-8H2,1-2H3,(H,18,20)(H,21,22). The number of nitrogens with zero attached hydrogens (tertiary/aromatic N) is 1. The van der Waals surface area contributed by atoms with Gasteiger partial charge in [0.25, 0.3) is 0 Å². The molecule has 1 aromatic rings. The van der Waals surface area contributed by atoms with Crippen molar-refractivity contribution < 1.29 is 27.9 Å². The molecule has 22 heavy (non-hydrogen) atoms. The first-order valence-electron chi connectivity index (χ1n) is 6.48. The summed E-state index contributed by atoms with van der Waals surface area (Å²) in [5.41, 5.74) is -0.808. The highest BCUT2D eigenvalue weighted by atomic mass is 19.4. The fourth-order valence-corrected chi connectivity index (χ4v) is 1.83. The Kier molecular flexibility index (Phi) is 5.92. The molecule has 1 atom stereocenters. The predicted molar refractivity (Wildman–Crippen MR) is 74.4 cm³/mol. The number of aliphatic carboxylic acids is 1. The van der Waals surface area contributed by atoms with Gasteiger partial charge in [0.15, 0.2) is 0 Å². The van der Waals surface area contributed by atoms with Crippen molar-refractivity contribution in [1.29, 1.82) is 0 Å². The molecule has 1 amide bonds. The molecule has 0 aliphatic carbocycles. The van der Waals surface area contributed by atoms with Crippen LogP contribution in [0.25, 0.3) is 0 Å². The number of nitrogens with one attached hydrogen (secondary N) is 1. The molecule has 1 unspecified atom stereocenters. The van der Waals surface area contributed by atoms with Gasteiger partial charge in [-0.15, -0.1) is 0 Å². The summed E-state index contributed by atoms with van der Waals surface area (Å²) < 4.78 is 37.7. The van der Waals surface area contributed by atoms with Crippen molar-refractivity contribution in [3.05, 3.63) is 29.8 Å². The molecular formula is C14H17F3N2O3. The minimum atomic E-state index is -4.48. The first-order chi connectivity index (χ1) is 10.1. The number of carbonyl (C=O) groups is 2. The van der Waals surface area contributed by atoms with Crippen LogP contribution in [-0.4, -0.2) is 42.0 Å². The highest BCUT2D eigenvalue weighted by Crippen LogP contribution is 2.30. The predicted octanol–water partition coefficient (Wildman–Crippen LogP) is 2.30. The number of likely N-dealkylation sites (N-methyl/N-ethyl adjacent to an activating group) is 1. The molecule has 2 N–H and O–H groups in total. The number of hydrogen-bond acceptors (Lipinski definition) is 3. The Morgan fingerprint density at radius 1 is 1.36 bits per heavy atom. The van der Waals surface area contributed by atoms with Crippen LogP contribution in [0.4, 0.5) is 18.9 Å². The number of halogens is 3. The Morgan fingerprint density at radius 3 is 2.55 bits per heavy atom. The monoisotopic (exact) mass is 318 g/mol. The Balaban J connectivity index is 2.60. The Labute approximate surface area is 125 Å². The van der Waals surface area contributed by atoms with Crippen LogP contribution in [-0.2, 0) is 15.8 Å². The van der Waals surface area contributed by atoms with Crippen LogP contribution in [0, 0.1) is 5.92 Å². The van der Waals surface area contributed by atoms with Gasteiger partial charge in [-0.2, -0.15) is 13.2 Å². The quantitative estimate of drug-likeness (QED) is 0.844. The normalized spacial score (nSPS) is 13.0. The van der Waals surface area contributed by atoms with Crippen LogP contribution < -0.4 is 5.32 Å². The molecule has 0 spiro atoms. The van der Waals surface area contributed by atoms with E-state index in [0.717, 1.165) is 12.1 Å². The van der Waals surface area contributed by atoms with Crippen LogP contribution in [0.3, 0.4) is 0 Å². The van der Waals surface area contributed by atoms with Crippen LogP contribution in [0.15, 0.2) is 24.3 Å². The van der Waals surface area contributed by atoms with E-state index in [4.69, 9.17) is 5.11 Å². The van der Waals surface area contributed by atoms with Gasteiger partial charge in [-0.3, -0.25) is 14.5 Å². The molecule has 0 aliphatic heterocycles. The molecular weight excluding hydrogens is 301 g/mol. The fourth-order valence-electron chi connectivity index (χ4n) is 1.83. The summed E-state index contributed by atoms with van der Waals surface area (Å²) in [7, 11) is 1.56. The van der Waals surface area contributed by atoms with Crippen molar-refractivity contribution in [2.24, 2.45) is 5.92 Å². The smallest absolute Gasteiger partial charge is 0.416 e. The van der Waals surface area contributed by atoms with Crippen molar-refractivity contribution in [2.75, 3.05) is 25.5 Å². The second-order valence-corrected chi connectivity index (χ2v) is 5.06. The number of carboxylic acid groups (broad SMARTS) is 1. The average molecular weight is 318 g/mol. The maximum Gasteiger partial charge on any atom is 0.416 e. The van der Waals surface area contributed by atoms with E-state index in [1.807, 2.05) is 0 Å². The number of benzene rings is 1. The van der Waals surface area contributed by atoms with E-state index in [1.54, 1.807) is 7.05 Å². The van der Waals surface area contributed by atoms with Crippen molar-refractivity contribution >= 4 is 17.6 Å². The lowest BCUT2D eigenvalue weighted by Crippen LogP contribution is -2.35. The van der Waals surface area contributed by atoms with Crippen molar-refractivity contribution in [1.82, 2.24) is 4.90 Å². The molecule has 0 saturated carbocycles. The van der Waals surface area contributed by atoms with Gasteiger partial charge < -0.3 is 10.4 Å². The highest BCUT2D eigenvalue weighted by molar-refractivity contribution is 5.92. The lowest BCUT2D eigenvalue weighted by atomic mass is 10.2. The second-order valence-electron chi connectivity index (χ2n) is 5.06. The Morgan fingerprint density at radius 2 is 2.00 bits per heavy atom. The fraction of sp³-hybridized carbons (Fsp3) is 0.429. The zero-order valence-corrected chi connectivity index (χ0v) is 12.1. The van der Waals surface area contributed by atoms with Crippen molar-refractivity contribution in [3.63, 3.8) is 0 Å². The zero-order valence-electron chi connectivity index (χ0n) is 12.1. The van der Waals surface area contributed by atoms with Gasteiger partial charge in [0.2, 0.25) is 5.91 Å². The lowest BCUT2D eigenvalue weighted by molar-refractivity contribution is -0.142. The Hall–Kier alpha value is -2.09. The largest absolute Gasteiger partial charge is 0.481 e. The highest BCUT2D eigenvalue weighted by Gasteiger charge is 2.30. The first-order valence-corrected chi connectivity index (χ1v) is 6.48. The zero-order chi connectivity index (χ0) is 16.9. The summed E-state index contributed by atoms with van der Waals surface area (Å²) in [5, 5.41) is 11.1. The average Bonchev–Trinajstić information content (AvgIpc) is 2.37. The van der Waals surface area contributed by atoms with E-state index in [9.17, 15) is 22.8 Å². The maximum atomic E-state index is 12.6. The molecule has 1 aromatic carbocycles. The van der Waals surface area contributed by atoms with E-state index in [0.29, 0.717) is 0 Å². The SMILES string of the molecule is CC(CN(C)CC(=O)Nc1cccc(C(F)(F)F)c1)C(=O)O. The third-order valence-electron chi connectivity index (χ3n) is 2.89. The van der Waals surface area contributed by atoms with E-state index in [1.165, 1.54) is 24.0 Å². The van der Waals surface area contributed by atoms with E-state index < -0.39 is 29.5 Å². The molecule has 0 heterocycles. The van der Waals surface area contributed by atoms with Gasteiger partial charge in [-0.1, -0.05) is 13.0 Å². The molecule has 8 heteroatoms. The van der Waals surface area contributed by atoms with Crippen LogP contribution in [0.5, 0.6) is 0 Å². The third kappa shape index (κ3) is 5.72. The van der Waals surface area contributed by atoms with Crippen molar-refractivity contribution in [2.45, 2.75) is 13.1 Å². The van der Waals surface area contributed by atoms with Gasteiger partial charge in [-0.05, 0) is 25.2 Å². The Bertz CT molecular complexity index is 546. The number of carbonyl (C=O) groups excluding carboxylic acids is 1. The second kappa shape index (κ2) is 7.26. The number of rotatable bonds is 6. The van der Waals surface area contributed by atoms with E-state index in [-0.39, 0.29) is 18.8 Å². The summed E-state index contributed by atoms with van der Waals surface area (Å²) >= 11 is 0. The van der Waals surface area contributed by atoms with E-state index >= 15 is 0 Å². The van der Waals surface area contributed by atoms with Gasteiger partial charge in [0, 0.05) is 12.2 Å². The summed E-state index contributed by atoms with van der Waals surface area (Å²) in [6.45, 7) is 1.54. The molecule has 1 rings (SSSR count). The summed E-state index contributed by atoms with van der Waals surface area (Å²) in [6, 6.07) is 4.32. The maximum absolute atomic E-state index is 12.6. The van der Waals surface area contributed by atoms with Crippen LogP contribution in [0.1, 0.15) is 12.5 Å². The number of alkyl halides is 3. The summed E-state index contributed by atoms with van der Waals surface area (Å²) in [4.78, 5) is 24.0. The molecule has 0 bridgehead atoms. The van der Waals surface area contributed by atoms with Gasteiger partial charge >= 0.3 is 12.1 Å². The molecule has 0 radical (unpaired) electrons. The molecule has 0 aromatic heterocycles. The first kappa shape index (κ1) is 18.0. The molecule has 5 nitrogen and oxygen atoms in total. The molecule has 122 valence electrons. The summed E-state index contributed by atoms with van der Waals surface area (Å²) in [5.74, 6) is -2.14. The third-order valence-corrected chi connectivity index (χ3v) is 2.89. The van der Waals surface area contributed by atoms with Gasteiger partial charge in [0.1, 0.15) is 0 Å². The number of amides is 1. The minimum Gasteiger partial charge on any atom is -0.481 e. The molecule has 0 aliphatic rings. The molecule has 0 saturated heterocycles. The van der Waals surface area contributed by atoms with Gasteiger partial charge in [-0.25, -0.2) is 0 Å².